The van der Waals surface area contributed by atoms with Crippen LogP contribution in [0.5, 0.6) is 0 Å². The molecule has 2 N–H and O–H groups in total. The lowest BCUT2D eigenvalue weighted by Crippen LogP contribution is -2.21. The Hall–Kier alpha value is -6.42. The summed E-state index contributed by atoms with van der Waals surface area (Å²) >= 11 is 0. The molecule has 0 fully saturated rings. The molecule has 2 aromatic carbocycles. The second kappa shape index (κ2) is 12.2. The summed E-state index contributed by atoms with van der Waals surface area (Å²) in [5, 5.41) is 16.9. The van der Waals surface area contributed by atoms with E-state index in [1.54, 1.807) is 12.4 Å². The van der Waals surface area contributed by atoms with Gasteiger partial charge in [0, 0.05) is 28.9 Å². The number of dihydropyridines is 1. The van der Waals surface area contributed by atoms with Gasteiger partial charge in [-0.25, -0.2) is 4.99 Å². The lowest BCUT2D eigenvalue weighted by Gasteiger charge is -2.23. The maximum atomic E-state index is 6.44. The smallest absolute Gasteiger partial charge is 0.264 e. The molecule has 3 aliphatic heterocycles. The van der Waals surface area contributed by atoms with E-state index in [0.717, 1.165) is 45.9 Å². The maximum Gasteiger partial charge on any atom is 0.264 e. The largest absolute Gasteiger partial charge is 0.445 e. The van der Waals surface area contributed by atoms with Gasteiger partial charge in [0.2, 0.25) is 12.1 Å². The Labute approximate surface area is 295 Å². The molecule has 0 radical (unpaired) electrons. The molecule has 0 spiro atoms. The molecule has 4 aliphatic rings. The molecule has 0 saturated carbocycles. The van der Waals surface area contributed by atoms with Crippen molar-refractivity contribution in [2.45, 2.75) is 44.9 Å². The summed E-state index contributed by atoms with van der Waals surface area (Å²) in [6.07, 6.45) is 14.0. The third-order valence-corrected chi connectivity index (χ3v) is 9.77. The number of rotatable bonds is 6. The van der Waals surface area contributed by atoms with Crippen molar-refractivity contribution in [1.29, 1.82) is 0 Å². The fraction of sp³-hybridized carbons (Fsp3) is 0.171. The van der Waals surface area contributed by atoms with Crippen molar-refractivity contribution in [2.24, 2.45) is 10.1 Å². The van der Waals surface area contributed by atoms with E-state index in [2.05, 4.69) is 98.4 Å². The third kappa shape index (κ3) is 5.45. The van der Waals surface area contributed by atoms with Gasteiger partial charge in [-0.2, -0.15) is 0 Å². The van der Waals surface area contributed by atoms with Crippen molar-refractivity contribution in [2.75, 3.05) is 0 Å². The van der Waals surface area contributed by atoms with Crippen molar-refractivity contribution >= 4 is 23.0 Å². The van der Waals surface area contributed by atoms with Gasteiger partial charge in [-0.1, -0.05) is 68.5 Å². The molecule has 0 bridgehead atoms. The van der Waals surface area contributed by atoms with Crippen molar-refractivity contribution in [3.63, 3.8) is 0 Å². The van der Waals surface area contributed by atoms with Crippen LogP contribution in [-0.2, 0) is 10.2 Å². The number of aliphatic imine (C=N–C) groups is 1. The first-order valence-corrected chi connectivity index (χ1v) is 17.0. The Kier molecular flexibility index (Phi) is 7.31. The Bertz CT molecular complexity index is 2370. The number of aromatic nitrogens is 4. The summed E-state index contributed by atoms with van der Waals surface area (Å²) < 4.78 is 12.7. The van der Waals surface area contributed by atoms with Crippen LogP contribution in [-0.4, -0.2) is 31.8 Å². The number of fused-ring (bicyclic) bond motifs is 3. The van der Waals surface area contributed by atoms with E-state index >= 15 is 0 Å². The van der Waals surface area contributed by atoms with Crippen LogP contribution in [0.25, 0.3) is 34.0 Å². The highest BCUT2D eigenvalue weighted by Gasteiger charge is 2.37. The first kappa shape index (κ1) is 30.6. The number of benzene rings is 2. The molecule has 6 heterocycles. The number of pyridine rings is 2. The van der Waals surface area contributed by atoms with Crippen LogP contribution in [0.4, 0.5) is 0 Å². The average molecular weight is 671 g/mol. The summed E-state index contributed by atoms with van der Waals surface area (Å²) in [7, 11) is 0. The monoisotopic (exact) mass is 670 g/mol. The van der Waals surface area contributed by atoms with Gasteiger partial charge in [0.15, 0.2) is 0 Å². The number of hydrogen-bond donors (Lipinski definition) is 2. The topological polar surface area (TPSA) is 123 Å². The van der Waals surface area contributed by atoms with Gasteiger partial charge in [-0.15, -0.1) is 15.3 Å². The highest BCUT2D eigenvalue weighted by Crippen LogP contribution is 2.50. The number of allylic oxidation sites excluding steroid dienone is 4. The van der Waals surface area contributed by atoms with E-state index in [0.29, 0.717) is 23.4 Å². The molecular formula is C41H34N8O2. The standard InChI is InChI=1S/C41H34N8O2/c1-24-10-8-13-34(32-12-5-7-21-43-32)45-36(24)40-49-47-38(51-40)26-17-19-28-27-18-16-25(22-29(27)41(2,3)30(28)23-26)37-46-48-39(50-37)35-15-9-14-33(44-35)31-11-4-6-20-42-31/h4-7,9-23,33,38,44,47H,8H2,1-3H3. The van der Waals surface area contributed by atoms with Gasteiger partial charge in [0.05, 0.1) is 23.1 Å². The van der Waals surface area contributed by atoms with E-state index < -0.39 is 6.23 Å². The normalized spacial score (nSPS) is 19.9. The highest BCUT2D eigenvalue weighted by atomic mass is 16.5. The Morgan fingerprint density at radius 3 is 2.47 bits per heavy atom. The summed E-state index contributed by atoms with van der Waals surface area (Å²) in [4.78, 5) is 13.9. The van der Waals surface area contributed by atoms with Crippen LogP contribution in [0, 0.1) is 0 Å². The van der Waals surface area contributed by atoms with Gasteiger partial charge >= 0.3 is 0 Å². The summed E-state index contributed by atoms with van der Waals surface area (Å²) in [6.45, 7) is 6.53. The Morgan fingerprint density at radius 2 is 1.65 bits per heavy atom. The van der Waals surface area contributed by atoms with Crippen LogP contribution in [0.2, 0.25) is 0 Å². The molecule has 2 atom stereocenters. The highest BCUT2D eigenvalue weighted by molar-refractivity contribution is 6.46. The van der Waals surface area contributed by atoms with Gasteiger partial charge in [0.1, 0.15) is 11.4 Å². The quantitative estimate of drug-likeness (QED) is 0.187. The summed E-state index contributed by atoms with van der Waals surface area (Å²) in [6, 6.07) is 24.5. The Morgan fingerprint density at radius 1 is 0.843 bits per heavy atom. The zero-order chi connectivity index (χ0) is 34.5. The molecule has 3 aromatic heterocycles. The number of hydrazone groups is 1. The molecular weight excluding hydrogens is 637 g/mol. The molecule has 0 amide bonds. The molecule has 250 valence electrons. The molecule has 5 aromatic rings. The molecule has 10 heteroatoms. The summed E-state index contributed by atoms with van der Waals surface area (Å²) in [5.41, 5.74) is 14.5. The first-order valence-electron chi connectivity index (χ1n) is 17.0. The number of nitrogens with zero attached hydrogens (tertiary/aromatic N) is 6. The molecule has 51 heavy (non-hydrogen) atoms. The first-order chi connectivity index (χ1) is 24.9. The molecule has 1 aliphatic carbocycles. The zero-order valence-electron chi connectivity index (χ0n) is 28.3. The predicted octanol–water partition coefficient (Wildman–Crippen LogP) is 7.84. The number of ether oxygens (including phenoxy) is 1. The van der Waals surface area contributed by atoms with Crippen LogP contribution in [0.1, 0.15) is 73.4 Å². The predicted molar refractivity (Wildman–Crippen MR) is 197 cm³/mol. The second-order valence-corrected chi connectivity index (χ2v) is 13.4. The van der Waals surface area contributed by atoms with E-state index in [9.17, 15) is 0 Å². The Balaban J connectivity index is 0.945. The second-order valence-electron chi connectivity index (χ2n) is 13.4. The van der Waals surface area contributed by atoms with E-state index in [-0.39, 0.29) is 11.5 Å². The lowest BCUT2D eigenvalue weighted by atomic mass is 9.81. The third-order valence-electron chi connectivity index (χ3n) is 9.77. The van der Waals surface area contributed by atoms with Crippen LogP contribution >= 0.6 is 0 Å². The number of hydrogen-bond acceptors (Lipinski definition) is 10. The van der Waals surface area contributed by atoms with Crippen molar-refractivity contribution in [1.82, 2.24) is 30.9 Å². The van der Waals surface area contributed by atoms with Crippen LogP contribution in [0.15, 0.2) is 136 Å². The van der Waals surface area contributed by atoms with Crippen LogP contribution in [0.3, 0.4) is 0 Å². The summed E-state index contributed by atoms with van der Waals surface area (Å²) in [5.74, 6) is 1.36. The van der Waals surface area contributed by atoms with Gasteiger partial charge in [0.25, 0.3) is 11.8 Å². The van der Waals surface area contributed by atoms with E-state index in [1.165, 1.54) is 22.3 Å². The average Bonchev–Trinajstić information content (AvgIpc) is 3.88. The lowest BCUT2D eigenvalue weighted by molar-refractivity contribution is 0.194. The molecule has 10 nitrogen and oxygen atoms in total. The van der Waals surface area contributed by atoms with Crippen molar-refractivity contribution < 1.29 is 9.15 Å². The minimum absolute atomic E-state index is 0.0811. The van der Waals surface area contributed by atoms with Crippen molar-refractivity contribution in [3.05, 3.63) is 155 Å². The van der Waals surface area contributed by atoms with Gasteiger partial charge in [-0.05, 0) is 89.7 Å². The fourth-order valence-corrected chi connectivity index (χ4v) is 7.02. The molecule has 0 saturated heterocycles. The minimum atomic E-state index is -0.451. The number of nitrogens with one attached hydrogen (secondary N) is 2. The van der Waals surface area contributed by atoms with Gasteiger partial charge in [-0.3, -0.25) is 15.4 Å². The minimum Gasteiger partial charge on any atom is -0.445 e. The molecule has 2 unspecified atom stereocenters. The van der Waals surface area contributed by atoms with Gasteiger partial charge < -0.3 is 14.5 Å². The van der Waals surface area contributed by atoms with E-state index in [1.807, 2.05) is 61.5 Å². The SMILES string of the molecule is CC1=CCC=C(c2ccccn2)N=C1C1=NNC(c2ccc3c(c2)C(C)(C)c2cc(-c4nnc(C5=CC=CC(c6ccccn6)N5)o4)ccc2-3)O1. The molecule has 9 rings (SSSR count). The van der Waals surface area contributed by atoms with Crippen LogP contribution < -0.4 is 10.7 Å². The van der Waals surface area contributed by atoms with E-state index in [4.69, 9.17) is 14.1 Å². The fourth-order valence-electron chi connectivity index (χ4n) is 7.02. The zero-order valence-corrected chi connectivity index (χ0v) is 28.3. The maximum absolute atomic E-state index is 6.44. The van der Waals surface area contributed by atoms with Crippen molar-refractivity contribution in [3.8, 4) is 22.6 Å².